The average Bonchev–Trinajstić information content (AvgIpc) is 3.21. The monoisotopic (exact) mass is 366 g/mol. The van der Waals surface area contributed by atoms with E-state index in [1.165, 1.54) is 25.0 Å². The fraction of sp³-hybridized carbons (Fsp3) is 0.111. The first-order valence-electron chi connectivity index (χ1n) is 7.96. The Morgan fingerprint density at radius 1 is 1.26 bits per heavy atom. The maximum absolute atomic E-state index is 12.6. The average molecular weight is 366 g/mol. The topological polar surface area (TPSA) is 112 Å². The molecule has 1 amide bonds. The minimum atomic E-state index is -0.701. The van der Waals surface area contributed by atoms with Gasteiger partial charge in [0.05, 0.1) is 17.7 Å². The zero-order valence-electron chi connectivity index (χ0n) is 14.4. The molecule has 1 N–H and O–H groups in total. The van der Waals surface area contributed by atoms with Gasteiger partial charge in [-0.25, -0.2) is 0 Å². The van der Waals surface area contributed by atoms with Gasteiger partial charge < -0.3 is 14.5 Å². The Labute approximate surface area is 152 Å². The number of hydrogen-bond donors (Lipinski definition) is 1. The molecule has 9 heteroatoms. The molecule has 0 saturated carbocycles. The molecule has 27 heavy (non-hydrogen) atoms. The predicted molar refractivity (Wildman–Crippen MR) is 98.1 cm³/mol. The van der Waals surface area contributed by atoms with Crippen molar-refractivity contribution in [2.24, 2.45) is 7.05 Å². The molecule has 0 saturated heterocycles. The first kappa shape index (κ1) is 16.6. The van der Waals surface area contributed by atoms with E-state index in [1.54, 1.807) is 12.1 Å². The van der Waals surface area contributed by atoms with Gasteiger partial charge in [-0.2, -0.15) is 5.10 Å². The SMILES string of the molecule is COc1cc2oc3ccccc3c2cc1NC(=O)c1nn(C)cc1[N+](=O)[O-]. The number of nitrogens with zero attached hydrogens (tertiary/aromatic N) is 3. The largest absolute Gasteiger partial charge is 0.494 e. The Hall–Kier alpha value is -3.88. The second-order valence-corrected chi connectivity index (χ2v) is 5.89. The minimum absolute atomic E-state index is 0.276. The molecule has 0 unspecified atom stereocenters. The number of nitro groups is 1. The van der Waals surface area contributed by atoms with Gasteiger partial charge in [0.1, 0.15) is 23.1 Å². The molecule has 0 fully saturated rings. The van der Waals surface area contributed by atoms with E-state index in [2.05, 4.69) is 10.4 Å². The summed E-state index contributed by atoms with van der Waals surface area (Å²) in [6.45, 7) is 0. The van der Waals surface area contributed by atoms with Crippen molar-refractivity contribution in [2.75, 3.05) is 12.4 Å². The summed E-state index contributed by atoms with van der Waals surface area (Å²) in [6.07, 6.45) is 1.18. The van der Waals surface area contributed by atoms with Crippen LogP contribution in [0.5, 0.6) is 5.75 Å². The number of carbonyl (C=O) groups excluding carboxylic acids is 1. The van der Waals surface area contributed by atoms with Gasteiger partial charge in [0.15, 0.2) is 0 Å². The van der Waals surface area contributed by atoms with E-state index in [-0.39, 0.29) is 11.4 Å². The van der Waals surface area contributed by atoms with Crippen molar-refractivity contribution in [1.29, 1.82) is 0 Å². The number of fused-ring (bicyclic) bond motifs is 3. The second-order valence-electron chi connectivity index (χ2n) is 5.89. The van der Waals surface area contributed by atoms with Gasteiger partial charge >= 0.3 is 5.69 Å². The van der Waals surface area contributed by atoms with Crippen LogP contribution in [0.25, 0.3) is 21.9 Å². The van der Waals surface area contributed by atoms with Gasteiger partial charge in [-0.1, -0.05) is 18.2 Å². The number of aromatic nitrogens is 2. The highest BCUT2D eigenvalue weighted by Crippen LogP contribution is 2.36. The van der Waals surface area contributed by atoms with Crippen molar-refractivity contribution in [3.8, 4) is 5.75 Å². The van der Waals surface area contributed by atoms with Crippen molar-refractivity contribution in [3.05, 3.63) is 58.4 Å². The lowest BCUT2D eigenvalue weighted by molar-refractivity contribution is -0.385. The number of anilines is 1. The Morgan fingerprint density at radius 3 is 2.78 bits per heavy atom. The molecule has 0 radical (unpaired) electrons. The van der Waals surface area contributed by atoms with Crippen LogP contribution < -0.4 is 10.1 Å². The van der Waals surface area contributed by atoms with Crippen LogP contribution in [0.3, 0.4) is 0 Å². The van der Waals surface area contributed by atoms with Crippen LogP contribution in [-0.4, -0.2) is 27.7 Å². The summed E-state index contributed by atoms with van der Waals surface area (Å²) in [5.41, 5.74) is 1.03. The van der Waals surface area contributed by atoms with Gasteiger partial charge in [0.25, 0.3) is 5.91 Å². The maximum Gasteiger partial charge on any atom is 0.320 e. The summed E-state index contributed by atoms with van der Waals surface area (Å²) < 4.78 is 12.3. The Kier molecular flexibility index (Phi) is 3.76. The number of benzene rings is 2. The lowest BCUT2D eigenvalue weighted by atomic mass is 10.1. The third-order valence-corrected chi connectivity index (χ3v) is 4.17. The number of hydrogen-bond acceptors (Lipinski definition) is 6. The van der Waals surface area contributed by atoms with E-state index >= 15 is 0 Å². The Balaban J connectivity index is 1.80. The number of furan rings is 1. The van der Waals surface area contributed by atoms with E-state index < -0.39 is 10.8 Å². The highest BCUT2D eigenvalue weighted by molar-refractivity contribution is 6.10. The van der Waals surface area contributed by atoms with Gasteiger partial charge in [0, 0.05) is 23.9 Å². The van der Waals surface area contributed by atoms with Crippen molar-refractivity contribution in [2.45, 2.75) is 0 Å². The van der Waals surface area contributed by atoms with E-state index in [9.17, 15) is 14.9 Å². The zero-order valence-corrected chi connectivity index (χ0v) is 14.4. The minimum Gasteiger partial charge on any atom is -0.494 e. The number of carbonyl (C=O) groups is 1. The number of para-hydroxylation sites is 1. The fourth-order valence-electron chi connectivity index (χ4n) is 2.97. The molecule has 0 atom stereocenters. The van der Waals surface area contributed by atoms with Crippen LogP contribution >= 0.6 is 0 Å². The summed E-state index contributed by atoms with van der Waals surface area (Å²) in [6, 6.07) is 10.9. The molecule has 4 rings (SSSR count). The molecule has 136 valence electrons. The van der Waals surface area contributed by atoms with Gasteiger partial charge in [-0.15, -0.1) is 0 Å². The standard InChI is InChI=1S/C18H14N4O5/c1-21-9-13(22(24)25)17(20-21)18(23)19-12-7-11-10-5-3-4-6-14(10)27-15(11)8-16(12)26-2/h3-9H,1-2H3,(H,19,23). The molecule has 0 aliphatic carbocycles. The van der Waals surface area contributed by atoms with Crippen LogP contribution in [0.1, 0.15) is 10.5 Å². The van der Waals surface area contributed by atoms with E-state index in [0.29, 0.717) is 22.6 Å². The smallest absolute Gasteiger partial charge is 0.320 e. The number of ether oxygens (including phenoxy) is 1. The van der Waals surface area contributed by atoms with E-state index in [1.807, 2.05) is 24.3 Å². The summed E-state index contributed by atoms with van der Waals surface area (Å²) >= 11 is 0. The normalized spacial score (nSPS) is 11.0. The quantitative estimate of drug-likeness (QED) is 0.437. The summed E-state index contributed by atoms with van der Waals surface area (Å²) in [5.74, 6) is -0.332. The molecule has 0 aliphatic heterocycles. The van der Waals surface area contributed by atoms with Crippen molar-refractivity contribution in [3.63, 3.8) is 0 Å². The Bertz CT molecular complexity index is 1210. The van der Waals surface area contributed by atoms with Gasteiger partial charge in [0.2, 0.25) is 5.69 Å². The number of methoxy groups -OCH3 is 1. The highest BCUT2D eigenvalue weighted by Gasteiger charge is 2.26. The van der Waals surface area contributed by atoms with Crippen molar-refractivity contribution >= 4 is 39.2 Å². The molecule has 0 aliphatic rings. The molecule has 2 aromatic carbocycles. The molecule has 2 aromatic heterocycles. The molecule has 4 aromatic rings. The maximum atomic E-state index is 12.6. The summed E-state index contributed by atoms with van der Waals surface area (Å²) in [4.78, 5) is 23.1. The van der Waals surface area contributed by atoms with E-state index in [0.717, 1.165) is 10.8 Å². The lowest BCUT2D eigenvalue weighted by Gasteiger charge is -2.09. The third kappa shape index (κ3) is 2.74. The molecular formula is C18H14N4O5. The van der Waals surface area contributed by atoms with Gasteiger partial charge in [-0.3, -0.25) is 19.6 Å². The van der Waals surface area contributed by atoms with Crippen LogP contribution in [0, 0.1) is 10.1 Å². The summed E-state index contributed by atoms with van der Waals surface area (Å²) in [5, 5.41) is 19.3. The predicted octanol–water partition coefficient (Wildman–Crippen LogP) is 3.49. The zero-order chi connectivity index (χ0) is 19.1. The first-order valence-corrected chi connectivity index (χ1v) is 7.96. The molecule has 0 spiro atoms. The number of amides is 1. The second kappa shape index (κ2) is 6.13. The van der Waals surface area contributed by atoms with Crippen LogP contribution in [0.4, 0.5) is 11.4 Å². The fourth-order valence-corrected chi connectivity index (χ4v) is 2.97. The molecule has 9 nitrogen and oxygen atoms in total. The lowest BCUT2D eigenvalue weighted by Crippen LogP contribution is -2.15. The van der Waals surface area contributed by atoms with Crippen LogP contribution in [-0.2, 0) is 7.05 Å². The molecular weight excluding hydrogens is 352 g/mol. The number of aryl methyl sites for hydroxylation is 1. The summed E-state index contributed by atoms with van der Waals surface area (Å²) in [7, 11) is 2.97. The van der Waals surface area contributed by atoms with E-state index in [4.69, 9.17) is 9.15 Å². The van der Waals surface area contributed by atoms with Crippen molar-refractivity contribution < 1.29 is 18.9 Å². The first-order chi connectivity index (χ1) is 13.0. The molecule has 0 bridgehead atoms. The molecule has 2 heterocycles. The Morgan fingerprint density at radius 2 is 2.04 bits per heavy atom. The third-order valence-electron chi connectivity index (χ3n) is 4.17. The number of nitrogens with one attached hydrogen (secondary N) is 1. The number of rotatable bonds is 4. The van der Waals surface area contributed by atoms with Gasteiger partial charge in [-0.05, 0) is 12.1 Å². The van der Waals surface area contributed by atoms with Crippen LogP contribution in [0.2, 0.25) is 0 Å². The van der Waals surface area contributed by atoms with Crippen molar-refractivity contribution in [1.82, 2.24) is 9.78 Å². The van der Waals surface area contributed by atoms with Crippen LogP contribution in [0.15, 0.2) is 47.0 Å². The highest BCUT2D eigenvalue weighted by atomic mass is 16.6.